The molecule has 0 saturated carbocycles. The highest BCUT2D eigenvalue weighted by Crippen LogP contribution is 2.08. The second-order valence-corrected chi connectivity index (χ2v) is 3.37. The van der Waals surface area contributed by atoms with Gasteiger partial charge in [0.1, 0.15) is 6.79 Å². The minimum Gasteiger partial charge on any atom is -0.467 e. The van der Waals surface area contributed by atoms with Gasteiger partial charge in [0.2, 0.25) is 0 Å². The fourth-order valence-corrected chi connectivity index (χ4v) is 0.971. The average Bonchev–Trinajstić information content (AvgIpc) is 2.22. The normalized spacial score (nSPS) is 12.9. The predicted molar refractivity (Wildman–Crippen MR) is 54.4 cm³/mol. The maximum absolute atomic E-state index is 11.2. The quantitative estimate of drug-likeness (QED) is 0.344. The van der Waals surface area contributed by atoms with E-state index >= 15 is 0 Å². The van der Waals surface area contributed by atoms with Crippen LogP contribution in [0.15, 0.2) is 0 Å². The molecular weight excluding hydrogens is 200 g/mol. The third-order valence-corrected chi connectivity index (χ3v) is 1.80. The van der Waals surface area contributed by atoms with Crippen molar-refractivity contribution < 1.29 is 23.7 Å². The second-order valence-electron chi connectivity index (χ2n) is 3.37. The van der Waals surface area contributed by atoms with Crippen LogP contribution < -0.4 is 0 Å². The Morgan fingerprint density at radius 3 is 2.33 bits per heavy atom. The van der Waals surface area contributed by atoms with Crippen LogP contribution in [0.1, 0.15) is 13.8 Å². The Hall–Kier alpha value is -0.650. The predicted octanol–water partition coefficient (Wildman–Crippen LogP) is 0.821. The summed E-state index contributed by atoms with van der Waals surface area (Å²) in [6.45, 7) is 4.80. The first kappa shape index (κ1) is 14.3. The molecule has 0 aromatic heterocycles. The summed E-state index contributed by atoms with van der Waals surface area (Å²) in [5.41, 5.74) is 0. The number of ether oxygens (including phenoxy) is 4. The molecule has 0 unspecified atom stereocenters. The maximum Gasteiger partial charge on any atom is 0.335 e. The van der Waals surface area contributed by atoms with Crippen LogP contribution in [0.2, 0.25) is 0 Å². The smallest absolute Gasteiger partial charge is 0.335 e. The summed E-state index contributed by atoms with van der Waals surface area (Å²) in [4.78, 5) is 11.2. The zero-order valence-electron chi connectivity index (χ0n) is 9.82. The molecule has 0 bridgehead atoms. The van der Waals surface area contributed by atoms with Crippen LogP contribution in [0.4, 0.5) is 0 Å². The molecule has 0 spiro atoms. The van der Waals surface area contributed by atoms with Gasteiger partial charge < -0.3 is 18.9 Å². The van der Waals surface area contributed by atoms with Gasteiger partial charge in [-0.25, -0.2) is 4.79 Å². The van der Waals surface area contributed by atoms with Crippen molar-refractivity contribution in [3.63, 3.8) is 0 Å². The Kier molecular flexibility index (Phi) is 8.27. The molecule has 0 amide bonds. The monoisotopic (exact) mass is 220 g/mol. The van der Waals surface area contributed by atoms with Crippen molar-refractivity contribution in [2.24, 2.45) is 5.92 Å². The standard InChI is InChI=1S/C10H20O5/c1-8(2)9(10(11)13-4)15-7-14-6-5-12-3/h8-9H,5-7H2,1-4H3/t9-/m1/s1. The zero-order valence-corrected chi connectivity index (χ0v) is 9.82. The third kappa shape index (κ3) is 6.43. The average molecular weight is 220 g/mol. The van der Waals surface area contributed by atoms with Gasteiger partial charge in [-0.3, -0.25) is 0 Å². The number of carbonyl (C=O) groups excluding carboxylic acids is 1. The van der Waals surface area contributed by atoms with Crippen LogP contribution in [-0.4, -0.2) is 46.3 Å². The van der Waals surface area contributed by atoms with Gasteiger partial charge in [-0.1, -0.05) is 13.8 Å². The summed E-state index contributed by atoms with van der Waals surface area (Å²) in [5, 5.41) is 0. The van der Waals surface area contributed by atoms with Crippen molar-refractivity contribution in [3.8, 4) is 0 Å². The summed E-state index contributed by atoms with van der Waals surface area (Å²) in [7, 11) is 2.93. The van der Waals surface area contributed by atoms with E-state index in [4.69, 9.17) is 14.2 Å². The zero-order chi connectivity index (χ0) is 11.7. The number of methoxy groups -OCH3 is 2. The minimum absolute atomic E-state index is 0.0588. The van der Waals surface area contributed by atoms with Crippen LogP contribution in [0.5, 0.6) is 0 Å². The lowest BCUT2D eigenvalue weighted by molar-refractivity contribution is -0.169. The number of hydrogen-bond acceptors (Lipinski definition) is 5. The van der Waals surface area contributed by atoms with Gasteiger partial charge in [0, 0.05) is 7.11 Å². The molecule has 0 aromatic carbocycles. The number of rotatable bonds is 8. The van der Waals surface area contributed by atoms with E-state index in [0.29, 0.717) is 13.2 Å². The highest BCUT2D eigenvalue weighted by atomic mass is 16.7. The van der Waals surface area contributed by atoms with E-state index in [9.17, 15) is 4.79 Å². The van der Waals surface area contributed by atoms with Crippen LogP contribution in [0, 0.1) is 5.92 Å². The first-order valence-electron chi connectivity index (χ1n) is 4.89. The van der Waals surface area contributed by atoms with Gasteiger partial charge in [0.25, 0.3) is 0 Å². The molecule has 5 heteroatoms. The Balaban J connectivity index is 3.72. The van der Waals surface area contributed by atoms with E-state index in [0.717, 1.165) is 0 Å². The van der Waals surface area contributed by atoms with Gasteiger partial charge in [-0.15, -0.1) is 0 Å². The molecule has 0 saturated heterocycles. The molecule has 0 aromatic rings. The highest BCUT2D eigenvalue weighted by molar-refractivity contribution is 5.74. The maximum atomic E-state index is 11.2. The largest absolute Gasteiger partial charge is 0.467 e. The summed E-state index contributed by atoms with van der Waals surface area (Å²) in [5.74, 6) is -0.316. The van der Waals surface area contributed by atoms with Gasteiger partial charge >= 0.3 is 5.97 Å². The number of carbonyl (C=O) groups is 1. The molecule has 0 aliphatic carbocycles. The molecule has 0 N–H and O–H groups in total. The lowest BCUT2D eigenvalue weighted by Crippen LogP contribution is -2.31. The first-order valence-corrected chi connectivity index (χ1v) is 4.89. The van der Waals surface area contributed by atoms with Crippen LogP contribution >= 0.6 is 0 Å². The molecule has 5 nitrogen and oxygen atoms in total. The van der Waals surface area contributed by atoms with Gasteiger partial charge in [0.05, 0.1) is 20.3 Å². The first-order chi connectivity index (χ1) is 7.13. The van der Waals surface area contributed by atoms with Crippen LogP contribution in [0.25, 0.3) is 0 Å². The fourth-order valence-electron chi connectivity index (χ4n) is 0.971. The summed E-state index contributed by atoms with van der Waals surface area (Å²) in [6, 6.07) is 0. The van der Waals surface area contributed by atoms with Crippen molar-refractivity contribution in [1.29, 1.82) is 0 Å². The Labute approximate surface area is 90.6 Å². The molecule has 15 heavy (non-hydrogen) atoms. The highest BCUT2D eigenvalue weighted by Gasteiger charge is 2.23. The molecule has 0 fully saturated rings. The third-order valence-electron chi connectivity index (χ3n) is 1.80. The van der Waals surface area contributed by atoms with Gasteiger partial charge in [0.15, 0.2) is 6.10 Å². The van der Waals surface area contributed by atoms with Gasteiger partial charge in [-0.2, -0.15) is 0 Å². The van der Waals surface area contributed by atoms with Crippen molar-refractivity contribution in [3.05, 3.63) is 0 Å². The van der Waals surface area contributed by atoms with E-state index in [-0.39, 0.29) is 18.7 Å². The van der Waals surface area contributed by atoms with E-state index in [2.05, 4.69) is 4.74 Å². The SMILES string of the molecule is COCCOCO[C@@H](C(=O)OC)C(C)C. The molecular formula is C10H20O5. The second kappa shape index (κ2) is 8.64. The topological polar surface area (TPSA) is 54.0 Å². The molecule has 0 rings (SSSR count). The molecule has 0 radical (unpaired) electrons. The minimum atomic E-state index is -0.572. The summed E-state index contributed by atoms with van der Waals surface area (Å²) >= 11 is 0. The van der Waals surface area contributed by atoms with E-state index in [1.165, 1.54) is 7.11 Å². The lowest BCUT2D eigenvalue weighted by atomic mass is 10.1. The van der Waals surface area contributed by atoms with E-state index < -0.39 is 6.10 Å². The Bertz CT molecular complexity index is 169. The molecule has 0 heterocycles. The van der Waals surface area contributed by atoms with Crippen molar-refractivity contribution in [2.75, 3.05) is 34.2 Å². The van der Waals surface area contributed by atoms with Crippen LogP contribution in [-0.2, 0) is 23.7 Å². The van der Waals surface area contributed by atoms with Crippen LogP contribution in [0.3, 0.4) is 0 Å². The molecule has 1 atom stereocenters. The number of esters is 1. The van der Waals surface area contributed by atoms with E-state index in [1.54, 1.807) is 7.11 Å². The van der Waals surface area contributed by atoms with Crippen molar-refractivity contribution in [1.82, 2.24) is 0 Å². The fraction of sp³-hybridized carbons (Fsp3) is 0.900. The van der Waals surface area contributed by atoms with E-state index in [1.807, 2.05) is 13.8 Å². The summed E-state index contributed by atoms with van der Waals surface area (Å²) in [6.07, 6.45) is -0.572. The van der Waals surface area contributed by atoms with Crippen molar-refractivity contribution >= 4 is 5.97 Å². The Morgan fingerprint density at radius 2 is 1.87 bits per heavy atom. The van der Waals surface area contributed by atoms with Gasteiger partial charge in [-0.05, 0) is 5.92 Å². The lowest BCUT2D eigenvalue weighted by Gasteiger charge is -2.18. The number of hydrogen-bond donors (Lipinski definition) is 0. The molecule has 0 aliphatic rings. The molecule has 90 valence electrons. The van der Waals surface area contributed by atoms with Crippen molar-refractivity contribution in [2.45, 2.75) is 20.0 Å². The Morgan fingerprint density at radius 1 is 1.20 bits per heavy atom. The molecule has 0 aliphatic heterocycles. The summed E-state index contributed by atoms with van der Waals surface area (Å²) < 4.78 is 19.7.